The zero-order valence-electron chi connectivity index (χ0n) is 18.3. The van der Waals surface area contributed by atoms with Crippen molar-refractivity contribution >= 4 is 11.8 Å². The third-order valence-corrected chi connectivity index (χ3v) is 5.96. The molecule has 1 aromatic rings. The third kappa shape index (κ3) is 6.06. The second-order valence-corrected chi connectivity index (χ2v) is 8.09. The van der Waals surface area contributed by atoms with Crippen LogP contribution in [0.15, 0.2) is 0 Å². The van der Waals surface area contributed by atoms with Gasteiger partial charge in [-0.2, -0.15) is 10.4 Å². The van der Waals surface area contributed by atoms with Gasteiger partial charge in [0.15, 0.2) is 0 Å². The van der Waals surface area contributed by atoms with Gasteiger partial charge in [-0.05, 0) is 52.0 Å². The van der Waals surface area contributed by atoms with Gasteiger partial charge in [-0.1, -0.05) is 13.3 Å². The van der Waals surface area contributed by atoms with Gasteiger partial charge < -0.3 is 10.2 Å². The number of piperidine rings is 1. The highest BCUT2D eigenvalue weighted by Crippen LogP contribution is 2.24. The molecule has 1 aliphatic heterocycles. The molecule has 1 aromatic heterocycles. The van der Waals surface area contributed by atoms with E-state index in [1.165, 1.54) is 0 Å². The molecule has 7 nitrogen and oxygen atoms in total. The highest BCUT2D eigenvalue weighted by Gasteiger charge is 2.32. The lowest BCUT2D eigenvalue weighted by Gasteiger charge is -2.37. The number of nitriles is 1. The second-order valence-electron chi connectivity index (χ2n) is 8.09. The van der Waals surface area contributed by atoms with Gasteiger partial charge in [0.1, 0.15) is 0 Å². The molecule has 1 fully saturated rings. The van der Waals surface area contributed by atoms with Crippen molar-refractivity contribution in [2.24, 2.45) is 5.92 Å². The van der Waals surface area contributed by atoms with Crippen LogP contribution in [0.2, 0.25) is 0 Å². The van der Waals surface area contributed by atoms with Gasteiger partial charge >= 0.3 is 0 Å². The van der Waals surface area contributed by atoms with Crippen LogP contribution in [0.3, 0.4) is 0 Å². The number of rotatable bonds is 9. The standard InChI is InChI=1S/C22H35N5O2/c1-5-6-13-24-22(29)19-9-8-16(2)26(15-19)21(28)11-10-20-17(3)25-27(18(20)4)14-7-12-23/h16,19H,5-11,13-15H2,1-4H3,(H,24,29). The molecule has 0 aliphatic carbocycles. The molecular weight excluding hydrogens is 366 g/mol. The topological polar surface area (TPSA) is 91.0 Å². The van der Waals surface area contributed by atoms with E-state index in [1.54, 1.807) is 0 Å². The summed E-state index contributed by atoms with van der Waals surface area (Å²) in [6.45, 7) is 9.93. The van der Waals surface area contributed by atoms with Crippen LogP contribution < -0.4 is 5.32 Å². The van der Waals surface area contributed by atoms with Gasteiger partial charge in [-0.25, -0.2) is 0 Å². The summed E-state index contributed by atoms with van der Waals surface area (Å²) in [5.41, 5.74) is 3.05. The van der Waals surface area contributed by atoms with E-state index < -0.39 is 0 Å². The van der Waals surface area contributed by atoms with Crippen LogP contribution in [-0.2, 0) is 22.6 Å². The molecule has 0 aromatic carbocycles. The molecule has 1 N–H and O–H groups in total. The Morgan fingerprint density at radius 3 is 2.76 bits per heavy atom. The first kappa shape index (κ1) is 22.9. The van der Waals surface area contributed by atoms with E-state index in [2.05, 4.69) is 30.3 Å². The maximum Gasteiger partial charge on any atom is 0.224 e. The number of unbranched alkanes of at least 4 members (excludes halogenated alkanes) is 1. The number of aryl methyl sites for hydroxylation is 2. The maximum absolute atomic E-state index is 12.9. The minimum atomic E-state index is -0.107. The highest BCUT2D eigenvalue weighted by molar-refractivity contribution is 5.81. The average molecular weight is 402 g/mol. The molecule has 0 radical (unpaired) electrons. The number of hydrogen-bond acceptors (Lipinski definition) is 4. The Bertz CT molecular complexity index is 749. The Kier molecular flexibility index (Phi) is 8.69. The van der Waals surface area contributed by atoms with E-state index in [4.69, 9.17) is 5.26 Å². The maximum atomic E-state index is 12.9. The number of nitrogens with one attached hydrogen (secondary N) is 1. The number of hydrogen-bond donors (Lipinski definition) is 1. The van der Waals surface area contributed by atoms with E-state index in [0.29, 0.717) is 38.9 Å². The molecule has 160 valence electrons. The van der Waals surface area contributed by atoms with Crippen LogP contribution in [-0.4, -0.2) is 45.6 Å². The van der Waals surface area contributed by atoms with Gasteiger partial charge in [-0.15, -0.1) is 0 Å². The summed E-state index contributed by atoms with van der Waals surface area (Å²) in [4.78, 5) is 27.2. The zero-order chi connectivity index (χ0) is 21.4. The molecule has 2 heterocycles. The number of carbonyl (C=O) groups is 2. The minimum absolute atomic E-state index is 0.0774. The van der Waals surface area contributed by atoms with Crippen LogP contribution in [0.25, 0.3) is 0 Å². The van der Waals surface area contributed by atoms with Gasteiger partial charge in [-0.3, -0.25) is 14.3 Å². The molecular formula is C22H35N5O2. The molecule has 29 heavy (non-hydrogen) atoms. The molecule has 0 spiro atoms. The Balaban J connectivity index is 1.94. The van der Waals surface area contributed by atoms with Crippen molar-refractivity contribution in [2.75, 3.05) is 13.1 Å². The van der Waals surface area contributed by atoms with Crippen molar-refractivity contribution in [2.45, 2.75) is 85.2 Å². The predicted octanol–water partition coefficient (Wildman–Crippen LogP) is 2.89. The number of nitrogens with zero attached hydrogens (tertiary/aromatic N) is 4. The molecule has 1 saturated heterocycles. The van der Waals surface area contributed by atoms with Crippen molar-refractivity contribution in [1.82, 2.24) is 20.0 Å². The van der Waals surface area contributed by atoms with E-state index in [1.807, 2.05) is 23.4 Å². The molecule has 2 amide bonds. The predicted molar refractivity (Wildman–Crippen MR) is 112 cm³/mol. The molecule has 0 saturated carbocycles. The smallest absolute Gasteiger partial charge is 0.224 e. The van der Waals surface area contributed by atoms with Crippen molar-refractivity contribution in [1.29, 1.82) is 5.26 Å². The molecule has 2 atom stereocenters. The van der Waals surface area contributed by atoms with E-state index >= 15 is 0 Å². The van der Waals surface area contributed by atoms with Crippen LogP contribution in [0, 0.1) is 31.1 Å². The number of likely N-dealkylation sites (tertiary alicyclic amines) is 1. The quantitative estimate of drug-likeness (QED) is 0.644. The fourth-order valence-corrected chi connectivity index (χ4v) is 4.05. The van der Waals surface area contributed by atoms with Gasteiger partial charge in [0.05, 0.1) is 30.6 Å². The Morgan fingerprint density at radius 2 is 2.07 bits per heavy atom. The summed E-state index contributed by atoms with van der Waals surface area (Å²) in [6, 6.07) is 2.31. The Labute approximate surface area is 174 Å². The number of carbonyl (C=O) groups excluding carboxylic acids is 2. The molecule has 2 rings (SSSR count). The lowest BCUT2D eigenvalue weighted by atomic mass is 9.92. The van der Waals surface area contributed by atoms with Crippen LogP contribution in [0.4, 0.5) is 0 Å². The van der Waals surface area contributed by atoms with Crippen LogP contribution in [0.1, 0.15) is 69.3 Å². The first-order chi connectivity index (χ1) is 13.9. The van der Waals surface area contributed by atoms with Crippen molar-refractivity contribution in [3.05, 3.63) is 17.0 Å². The van der Waals surface area contributed by atoms with Crippen molar-refractivity contribution in [3.8, 4) is 6.07 Å². The van der Waals surface area contributed by atoms with Crippen molar-refractivity contribution < 1.29 is 9.59 Å². The first-order valence-electron chi connectivity index (χ1n) is 10.9. The minimum Gasteiger partial charge on any atom is -0.356 e. The van der Waals surface area contributed by atoms with Gasteiger partial charge in [0.25, 0.3) is 0 Å². The van der Waals surface area contributed by atoms with Crippen molar-refractivity contribution in [3.63, 3.8) is 0 Å². The molecule has 0 bridgehead atoms. The summed E-state index contributed by atoms with van der Waals surface area (Å²) in [6.07, 6.45) is 5.22. The Morgan fingerprint density at radius 1 is 1.31 bits per heavy atom. The molecule has 7 heteroatoms. The van der Waals surface area contributed by atoms with E-state index in [-0.39, 0.29) is 23.8 Å². The molecule has 1 aliphatic rings. The fourth-order valence-electron chi connectivity index (χ4n) is 4.05. The summed E-state index contributed by atoms with van der Waals surface area (Å²) in [7, 11) is 0. The SMILES string of the molecule is CCCCNC(=O)C1CCC(C)N(C(=O)CCc2c(C)nn(CCC#N)c2C)C1. The summed E-state index contributed by atoms with van der Waals surface area (Å²) >= 11 is 0. The highest BCUT2D eigenvalue weighted by atomic mass is 16.2. The summed E-state index contributed by atoms with van der Waals surface area (Å²) in [5, 5.41) is 16.3. The number of aromatic nitrogens is 2. The third-order valence-electron chi connectivity index (χ3n) is 5.96. The average Bonchev–Trinajstić information content (AvgIpc) is 2.97. The monoisotopic (exact) mass is 401 g/mol. The fraction of sp³-hybridized carbons (Fsp3) is 0.727. The van der Waals surface area contributed by atoms with E-state index in [9.17, 15) is 9.59 Å². The van der Waals surface area contributed by atoms with Gasteiger partial charge in [0.2, 0.25) is 11.8 Å². The summed E-state index contributed by atoms with van der Waals surface area (Å²) in [5.74, 6) is 0.0740. The first-order valence-corrected chi connectivity index (χ1v) is 10.9. The van der Waals surface area contributed by atoms with Crippen LogP contribution in [0.5, 0.6) is 0 Å². The zero-order valence-corrected chi connectivity index (χ0v) is 18.3. The largest absolute Gasteiger partial charge is 0.356 e. The van der Waals surface area contributed by atoms with E-state index in [0.717, 1.165) is 42.6 Å². The number of amides is 2. The van der Waals surface area contributed by atoms with Gasteiger partial charge in [0, 0.05) is 31.2 Å². The lowest BCUT2D eigenvalue weighted by molar-refractivity contribution is -0.138. The second kappa shape index (κ2) is 11.0. The lowest BCUT2D eigenvalue weighted by Crippen LogP contribution is -2.49. The molecule has 2 unspecified atom stereocenters. The summed E-state index contributed by atoms with van der Waals surface area (Å²) < 4.78 is 1.86. The van der Waals surface area contributed by atoms with Crippen LogP contribution >= 0.6 is 0 Å². The Hall–Kier alpha value is -2.36. The normalized spacial score (nSPS) is 19.1.